The van der Waals surface area contributed by atoms with E-state index in [2.05, 4.69) is 5.32 Å². The van der Waals surface area contributed by atoms with Gasteiger partial charge in [0.25, 0.3) is 0 Å². The first-order valence-corrected chi connectivity index (χ1v) is 7.69. The van der Waals surface area contributed by atoms with Crippen LogP contribution in [-0.4, -0.2) is 24.1 Å². The molecular formula is C17H21NO4. The van der Waals surface area contributed by atoms with Gasteiger partial charge in [0.15, 0.2) is 0 Å². The molecule has 2 aliphatic rings. The van der Waals surface area contributed by atoms with Gasteiger partial charge >= 0.3 is 5.97 Å². The van der Waals surface area contributed by atoms with E-state index in [0.29, 0.717) is 0 Å². The van der Waals surface area contributed by atoms with Gasteiger partial charge in [-0.15, -0.1) is 0 Å². The van der Waals surface area contributed by atoms with E-state index in [1.807, 2.05) is 13.0 Å². The van der Waals surface area contributed by atoms with Crippen molar-refractivity contribution < 1.29 is 19.4 Å². The van der Waals surface area contributed by atoms with Gasteiger partial charge in [-0.25, -0.2) is 0 Å². The van der Waals surface area contributed by atoms with E-state index < -0.39 is 17.8 Å². The number of aryl methyl sites for hydroxylation is 1. The zero-order valence-electron chi connectivity index (χ0n) is 12.8. The predicted molar refractivity (Wildman–Crippen MR) is 81.8 cm³/mol. The second-order valence-electron chi connectivity index (χ2n) is 6.39. The molecule has 4 unspecified atom stereocenters. The Morgan fingerprint density at radius 3 is 2.50 bits per heavy atom. The minimum absolute atomic E-state index is 0.159. The summed E-state index contributed by atoms with van der Waals surface area (Å²) in [6, 6.07) is 5.44. The molecule has 0 aromatic heterocycles. The first-order valence-electron chi connectivity index (χ1n) is 7.69. The predicted octanol–water partition coefficient (Wildman–Crippen LogP) is 2.69. The summed E-state index contributed by atoms with van der Waals surface area (Å²) in [4.78, 5) is 24.1. The van der Waals surface area contributed by atoms with Gasteiger partial charge in [-0.2, -0.15) is 0 Å². The number of hydrogen-bond acceptors (Lipinski definition) is 3. The van der Waals surface area contributed by atoms with Gasteiger partial charge in [0, 0.05) is 5.69 Å². The summed E-state index contributed by atoms with van der Waals surface area (Å²) in [5.41, 5.74) is 1.63. The average molecular weight is 303 g/mol. The normalized spacial score (nSPS) is 29.4. The lowest BCUT2D eigenvalue weighted by atomic mass is 9.78. The van der Waals surface area contributed by atoms with Crippen molar-refractivity contribution in [1.82, 2.24) is 0 Å². The molecule has 5 heteroatoms. The maximum absolute atomic E-state index is 12.6. The van der Waals surface area contributed by atoms with Crippen molar-refractivity contribution in [3.8, 4) is 5.75 Å². The Labute approximate surface area is 129 Å². The number of amides is 1. The number of ether oxygens (including phenoxy) is 1. The Kier molecular flexibility index (Phi) is 3.81. The number of aliphatic carboxylic acids is 1. The van der Waals surface area contributed by atoms with E-state index in [4.69, 9.17) is 4.74 Å². The molecule has 2 saturated carbocycles. The molecule has 0 radical (unpaired) electrons. The smallest absolute Gasteiger partial charge is 0.307 e. The summed E-state index contributed by atoms with van der Waals surface area (Å²) < 4.78 is 5.15. The van der Waals surface area contributed by atoms with Crippen LogP contribution >= 0.6 is 0 Å². The quantitative estimate of drug-likeness (QED) is 0.896. The number of benzene rings is 1. The molecule has 22 heavy (non-hydrogen) atoms. The average Bonchev–Trinajstić information content (AvgIpc) is 3.09. The first kappa shape index (κ1) is 14.9. The maximum Gasteiger partial charge on any atom is 0.307 e. The number of nitrogens with one attached hydrogen (secondary N) is 1. The number of carbonyl (C=O) groups is 2. The minimum atomic E-state index is -0.834. The van der Waals surface area contributed by atoms with Crippen molar-refractivity contribution in [2.75, 3.05) is 12.4 Å². The highest BCUT2D eigenvalue weighted by atomic mass is 16.5. The lowest BCUT2D eigenvalue weighted by Crippen LogP contribution is -2.37. The molecule has 118 valence electrons. The van der Waals surface area contributed by atoms with Gasteiger partial charge in [0.05, 0.1) is 18.9 Å². The Bertz CT molecular complexity index is 613. The summed E-state index contributed by atoms with van der Waals surface area (Å²) in [5.74, 6) is -0.819. The molecule has 2 N–H and O–H groups in total. The topological polar surface area (TPSA) is 75.6 Å². The van der Waals surface area contributed by atoms with E-state index in [1.165, 1.54) is 0 Å². The van der Waals surface area contributed by atoms with Crippen LogP contribution in [0.2, 0.25) is 0 Å². The van der Waals surface area contributed by atoms with Crippen molar-refractivity contribution in [3.63, 3.8) is 0 Å². The van der Waals surface area contributed by atoms with Crippen molar-refractivity contribution in [2.24, 2.45) is 23.7 Å². The standard InChI is InChI=1S/C17H21NO4/c1-9-7-12(22-2)5-6-13(9)18-16(19)14-10-3-4-11(8-10)15(14)17(20)21/h5-7,10-11,14-15H,3-4,8H2,1-2H3,(H,18,19)(H,20,21). The Morgan fingerprint density at radius 2 is 1.91 bits per heavy atom. The highest BCUT2D eigenvalue weighted by Gasteiger charge is 2.53. The molecule has 1 amide bonds. The molecule has 3 rings (SSSR count). The molecule has 5 nitrogen and oxygen atoms in total. The second-order valence-corrected chi connectivity index (χ2v) is 6.39. The molecule has 0 heterocycles. The molecule has 0 spiro atoms. The zero-order chi connectivity index (χ0) is 15.9. The molecule has 2 fully saturated rings. The fourth-order valence-corrected chi connectivity index (χ4v) is 4.14. The number of hydrogen-bond donors (Lipinski definition) is 2. The van der Waals surface area contributed by atoms with E-state index in [1.54, 1.807) is 19.2 Å². The molecule has 4 atom stereocenters. The number of carboxylic acids is 1. The van der Waals surface area contributed by atoms with E-state index in [9.17, 15) is 14.7 Å². The molecule has 1 aromatic rings. The number of methoxy groups -OCH3 is 1. The number of anilines is 1. The fourth-order valence-electron chi connectivity index (χ4n) is 4.14. The van der Waals surface area contributed by atoms with E-state index in [-0.39, 0.29) is 17.7 Å². The lowest BCUT2D eigenvalue weighted by Gasteiger charge is -2.27. The van der Waals surface area contributed by atoms with Crippen molar-refractivity contribution in [2.45, 2.75) is 26.2 Å². The second kappa shape index (κ2) is 5.63. The Hall–Kier alpha value is -2.04. The molecule has 0 saturated heterocycles. The minimum Gasteiger partial charge on any atom is -0.497 e. The van der Waals surface area contributed by atoms with Crippen molar-refractivity contribution in [1.29, 1.82) is 0 Å². The van der Waals surface area contributed by atoms with Gasteiger partial charge in [-0.1, -0.05) is 0 Å². The summed E-state index contributed by atoms with van der Waals surface area (Å²) in [6.45, 7) is 1.90. The van der Waals surface area contributed by atoms with Gasteiger partial charge in [0.2, 0.25) is 5.91 Å². The molecule has 1 aromatic carbocycles. The zero-order valence-corrected chi connectivity index (χ0v) is 12.8. The fraction of sp³-hybridized carbons (Fsp3) is 0.529. The number of carboxylic acid groups (broad SMARTS) is 1. The van der Waals surface area contributed by atoms with Crippen molar-refractivity contribution in [3.05, 3.63) is 23.8 Å². The highest BCUT2D eigenvalue weighted by molar-refractivity contribution is 5.96. The van der Waals surface area contributed by atoms with Gasteiger partial charge < -0.3 is 15.2 Å². The van der Waals surface area contributed by atoms with Crippen LogP contribution in [0.25, 0.3) is 0 Å². The van der Waals surface area contributed by atoms with Gasteiger partial charge in [0.1, 0.15) is 5.75 Å². The highest BCUT2D eigenvalue weighted by Crippen LogP contribution is 2.52. The molecule has 0 aliphatic heterocycles. The van der Waals surface area contributed by atoms with Crippen LogP contribution in [0.15, 0.2) is 18.2 Å². The third-order valence-electron chi connectivity index (χ3n) is 5.20. The summed E-state index contributed by atoms with van der Waals surface area (Å²) >= 11 is 0. The van der Waals surface area contributed by atoms with Crippen LogP contribution in [0, 0.1) is 30.6 Å². The number of carbonyl (C=O) groups excluding carboxylic acids is 1. The third-order valence-corrected chi connectivity index (χ3v) is 5.20. The largest absolute Gasteiger partial charge is 0.497 e. The molecule has 2 bridgehead atoms. The van der Waals surface area contributed by atoms with E-state index in [0.717, 1.165) is 36.3 Å². The Balaban J connectivity index is 1.78. The maximum atomic E-state index is 12.6. The SMILES string of the molecule is COc1ccc(NC(=O)C2C3CCC(C3)C2C(=O)O)c(C)c1. The van der Waals surface area contributed by atoms with Gasteiger partial charge in [-0.3, -0.25) is 9.59 Å². The summed E-state index contributed by atoms with van der Waals surface area (Å²) in [5, 5.41) is 12.4. The van der Waals surface area contributed by atoms with Gasteiger partial charge in [-0.05, 0) is 61.8 Å². The monoisotopic (exact) mass is 303 g/mol. The van der Waals surface area contributed by atoms with Crippen LogP contribution in [0.5, 0.6) is 5.75 Å². The van der Waals surface area contributed by atoms with Crippen LogP contribution in [0.3, 0.4) is 0 Å². The van der Waals surface area contributed by atoms with Crippen LogP contribution in [-0.2, 0) is 9.59 Å². The molecular weight excluding hydrogens is 282 g/mol. The third kappa shape index (κ3) is 2.45. The van der Waals surface area contributed by atoms with Crippen molar-refractivity contribution >= 4 is 17.6 Å². The first-order chi connectivity index (χ1) is 10.5. The van der Waals surface area contributed by atoms with E-state index >= 15 is 0 Å². The Morgan fingerprint density at radius 1 is 1.23 bits per heavy atom. The lowest BCUT2D eigenvalue weighted by molar-refractivity contribution is -0.148. The molecule has 2 aliphatic carbocycles. The number of fused-ring (bicyclic) bond motifs is 2. The van der Waals surface area contributed by atoms with Crippen LogP contribution in [0.4, 0.5) is 5.69 Å². The summed E-state index contributed by atoms with van der Waals surface area (Å²) in [6.07, 6.45) is 2.78. The van der Waals surface area contributed by atoms with Crippen LogP contribution in [0.1, 0.15) is 24.8 Å². The number of rotatable bonds is 4. The van der Waals surface area contributed by atoms with Crippen LogP contribution < -0.4 is 10.1 Å². The summed E-state index contributed by atoms with van der Waals surface area (Å²) in [7, 11) is 1.60.